The lowest BCUT2D eigenvalue weighted by molar-refractivity contribution is 0.0126. The number of methoxy groups -OCH3 is 1. The van der Waals surface area contributed by atoms with Gasteiger partial charge in [-0.2, -0.15) is 0 Å². The quantitative estimate of drug-likeness (QED) is 0.651. The fourth-order valence-electron chi connectivity index (χ4n) is 3.16. The normalized spacial score (nSPS) is 43.3. The third-order valence-electron chi connectivity index (χ3n) is 4.75. The van der Waals surface area contributed by atoms with Gasteiger partial charge in [0, 0.05) is 14.2 Å². The number of hydrogen-bond acceptors (Lipinski definition) is 2. The van der Waals surface area contributed by atoms with E-state index in [4.69, 9.17) is 0 Å². The second-order valence-electron chi connectivity index (χ2n) is 5.53. The van der Waals surface area contributed by atoms with E-state index in [0.29, 0.717) is 5.41 Å². The topological polar surface area (TPSA) is 29.5 Å². The van der Waals surface area contributed by atoms with E-state index in [0.717, 1.165) is 12.3 Å². The molecule has 2 nitrogen and oxygen atoms in total. The molecule has 0 aromatic heterocycles. The molecule has 2 heteroatoms. The maximum atomic E-state index is 9.81. The standard InChI is InChI=1S/C10H18O.C2H6O/c1-9(2)7-4-5-10(9,3)8(11)6-7;1-3-2/h7-8,11H,4-6H2,1-3H3;1-2H3/t7-,8-,10+;/m1./s1. The number of ether oxygens (including phenoxy) is 1. The summed E-state index contributed by atoms with van der Waals surface area (Å²) in [5.41, 5.74) is 0.601. The summed E-state index contributed by atoms with van der Waals surface area (Å²) in [5.74, 6) is 0.780. The summed E-state index contributed by atoms with van der Waals surface area (Å²) in [6.45, 7) is 6.90. The highest BCUT2D eigenvalue weighted by atomic mass is 16.4. The van der Waals surface area contributed by atoms with Crippen molar-refractivity contribution in [3.63, 3.8) is 0 Å². The largest absolute Gasteiger partial charge is 0.393 e. The Balaban J connectivity index is 0.000000293. The number of hydrogen-bond donors (Lipinski definition) is 1. The van der Waals surface area contributed by atoms with Crippen molar-refractivity contribution < 1.29 is 9.84 Å². The first kappa shape index (κ1) is 12.0. The Kier molecular flexibility index (Phi) is 3.27. The second kappa shape index (κ2) is 3.82. The molecule has 2 aliphatic carbocycles. The minimum absolute atomic E-state index is 0.0313. The van der Waals surface area contributed by atoms with Crippen molar-refractivity contribution >= 4 is 0 Å². The zero-order valence-electron chi connectivity index (χ0n) is 10.1. The lowest BCUT2D eigenvalue weighted by atomic mass is 9.70. The van der Waals surface area contributed by atoms with Crippen molar-refractivity contribution in [2.45, 2.75) is 46.1 Å². The molecule has 0 aromatic rings. The van der Waals surface area contributed by atoms with Gasteiger partial charge in [-0.05, 0) is 36.0 Å². The first-order chi connectivity index (χ1) is 6.40. The minimum atomic E-state index is -0.0313. The van der Waals surface area contributed by atoms with Crippen LogP contribution in [0, 0.1) is 16.7 Å². The Morgan fingerprint density at radius 1 is 1.21 bits per heavy atom. The van der Waals surface area contributed by atoms with E-state index in [-0.39, 0.29) is 11.5 Å². The smallest absolute Gasteiger partial charge is 0.0601 e. The minimum Gasteiger partial charge on any atom is -0.393 e. The third-order valence-corrected chi connectivity index (χ3v) is 4.75. The molecule has 1 N–H and O–H groups in total. The van der Waals surface area contributed by atoms with Crippen molar-refractivity contribution in [3.8, 4) is 0 Å². The van der Waals surface area contributed by atoms with Gasteiger partial charge in [-0.25, -0.2) is 0 Å². The summed E-state index contributed by atoms with van der Waals surface area (Å²) < 4.78 is 4.25. The molecule has 0 aromatic carbocycles. The maximum Gasteiger partial charge on any atom is 0.0601 e. The van der Waals surface area contributed by atoms with Crippen LogP contribution in [0.1, 0.15) is 40.0 Å². The fourth-order valence-corrected chi connectivity index (χ4v) is 3.16. The van der Waals surface area contributed by atoms with E-state index in [9.17, 15) is 5.11 Å². The predicted octanol–water partition coefficient (Wildman–Crippen LogP) is 2.46. The van der Waals surface area contributed by atoms with E-state index >= 15 is 0 Å². The van der Waals surface area contributed by atoms with Gasteiger partial charge in [0.05, 0.1) is 6.10 Å². The van der Waals surface area contributed by atoms with Crippen molar-refractivity contribution in [2.75, 3.05) is 14.2 Å². The third kappa shape index (κ3) is 1.49. The first-order valence-corrected chi connectivity index (χ1v) is 5.48. The summed E-state index contributed by atoms with van der Waals surface area (Å²) in [7, 11) is 3.25. The zero-order valence-corrected chi connectivity index (χ0v) is 10.1. The Labute approximate surface area is 87.7 Å². The average Bonchev–Trinajstić information content (AvgIpc) is 2.38. The highest BCUT2D eigenvalue weighted by Crippen LogP contribution is 2.65. The Bertz CT molecular complexity index is 200. The summed E-state index contributed by atoms with van der Waals surface area (Å²) in [6, 6.07) is 0. The van der Waals surface area contributed by atoms with Crippen LogP contribution >= 0.6 is 0 Å². The van der Waals surface area contributed by atoms with Gasteiger partial charge < -0.3 is 9.84 Å². The average molecular weight is 200 g/mol. The van der Waals surface area contributed by atoms with Crippen molar-refractivity contribution in [1.82, 2.24) is 0 Å². The molecule has 0 unspecified atom stereocenters. The summed E-state index contributed by atoms with van der Waals surface area (Å²) in [6.07, 6.45) is 3.58. The molecular weight excluding hydrogens is 176 g/mol. The molecule has 14 heavy (non-hydrogen) atoms. The van der Waals surface area contributed by atoms with Gasteiger partial charge in [-0.3, -0.25) is 0 Å². The summed E-state index contributed by atoms with van der Waals surface area (Å²) >= 11 is 0. The Morgan fingerprint density at radius 2 is 1.71 bits per heavy atom. The van der Waals surface area contributed by atoms with Gasteiger partial charge in [0.25, 0.3) is 0 Å². The summed E-state index contributed by atoms with van der Waals surface area (Å²) in [5, 5.41) is 9.81. The van der Waals surface area contributed by atoms with Gasteiger partial charge in [-0.1, -0.05) is 20.8 Å². The van der Waals surface area contributed by atoms with Crippen LogP contribution in [0.3, 0.4) is 0 Å². The fraction of sp³-hybridized carbons (Fsp3) is 1.00. The molecule has 84 valence electrons. The molecule has 2 bridgehead atoms. The monoisotopic (exact) mass is 200 g/mol. The van der Waals surface area contributed by atoms with Gasteiger partial charge >= 0.3 is 0 Å². The van der Waals surface area contributed by atoms with Gasteiger partial charge in [0.2, 0.25) is 0 Å². The molecule has 2 saturated carbocycles. The highest BCUT2D eigenvalue weighted by molar-refractivity contribution is 5.10. The first-order valence-electron chi connectivity index (χ1n) is 5.48. The van der Waals surface area contributed by atoms with Crippen LogP contribution in [-0.4, -0.2) is 25.4 Å². The van der Waals surface area contributed by atoms with Crippen molar-refractivity contribution in [1.29, 1.82) is 0 Å². The van der Waals surface area contributed by atoms with Crippen LogP contribution in [0.5, 0.6) is 0 Å². The number of aliphatic hydroxyl groups excluding tert-OH is 1. The molecule has 0 radical (unpaired) electrons. The van der Waals surface area contributed by atoms with E-state index in [1.807, 2.05) is 0 Å². The Hall–Kier alpha value is -0.0800. The van der Waals surface area contributed by atoms with Crippen LogP contribution in [0.15, 0.2) is 0 Å². The van der Waals surface area contributed by atoms with Crippen LogP contribution in [0.2, 0.25) is 0 Å². The number of fused-ring (bicyclic) bond motifs is 2. The molecule has 0 aliphatic heterocycles. The van der Waals surface area contributed by atoms with Gasteiger partial charge in [0.1, 0.15) is 0 Å². The summed E-state index contributed by atoms with van der Waals surface area (Å²) in [4.78, 5) is 0. The van der Waals surface area contributed by atoms with E-state index in [2.05, 4.69) is 25.5 Å². The van der Waals surface area contributed by atoms with E-state index < -0.39 is 0 Å². The number of rotatable bonds is 0. The van der Waals surface area contributed by atoms with Crippen LogP contribution in [0.4, 0.5) is 0 Å². The van der Waals surface area contributed by atoms with Crippen molar-refractivity contribution in [2.24, 2.45) is 16.7 Å². The zero-order chi connectivity index (χ0) is 11.0. The molecule has 0 saturated heterocycles. The number of aliphatic hydroxyl groups is 1. The molecule has 2 rings (SSSR count). The van der Waals surface area contributed by atoms with E-state index in [1.165, 1.54) is 12.8 Å². The molecule has 0 amide bonds. The maximum absolute atomic E-state index is 9.81. The highest BCUT2D eigenvalue weighted by Gasteiger charge is 2.60. The van der Waals surface area contributed by atoms with Crippen LogP contribution < -0.4 is 0 Å². The molecule has 3 atom stereocenters. The lowest BCUT2D eigenvalue weighted by Crippen LogP contribution is -2.35. The van der Waals surface area contributed by atoms with Crippen LogP contribution in [-0.2, 0) is 4.74 Å². The van der Waals surface area contributed by atoms with Gasteiger partial charge in [-0.15, -0.1) is 0 Å². The Morgan fingerprint density at radius 3 is 1.86 bits per heavy atom. The molecular formula is C12H24O2. The SMILES string of the molecule is CC1(C)[C@@H]2CC[C@@]1(C)[C@H](O)C2.COC. The van der Waals surface area contributed by atoms with Crippen LogP contribution in [0.25, 0.3) is 0 Å². The molecule has 2 fully saturated rings. The molecule has 0 heterocycles. The molecule has 0 spiro atoms. The molecule has 2 aliphatic rings. The lowest BCUT2D eigenvalue weighted by Gasteiger charge is -2.36. The van der Waals surface area contributed by atoms with Crippen molar-refractivity contribution in [3.05, 3.63) is 0 Å². The predicted molar refractivity (Wildman–Crippen MR) is 58.2 cm³/mol. The second-order valence-corrected chi connectivity index (χ2v) is 5.53. The van der Waals surface area contributed by atoms with Gasteiger partial charge in [0.15, 0.2) is 0 Å². The van der Waals surface area contributed by atoms with E-state index in [1.54, 1.807) is 14.2 Å².